The number of aromatic nitrogens is 2. The Labute approximate surface area is 176 Å². The molecule has 1 heterocycles. The summed E-state index contributed by atoms with van der Waals surface area (Å²) < 4.78 is 20.1. The molecule has 9 heteroatoms. The van der Waals surface area contributed by atoms with Crippen molar-refractivity contribution in [3.8, 4) is 0 Å². The van der Waals surface area contributed by atoms with Crippen molar-refractivity contribution in [2.24, 2.45) is 0 Å². The third-order valence-corrected chi connectivity index (χ3v) is 5.37. The first-order valence-electron chi connectivity index (χ1n) is 8.98. The van der Waals surface area contributed by atoms with Crippen molar-refractivity contribution in [2.45, 2.75) is 25.5 Å². The fraction of sp³-hybridized carbons (Fsp3) is 0.250. The highest BCUT2D eigenvalue weighted by Crippen LogP contribution is 2.26. The molecule has 0 saturated carbocycles. The van der Waals surface area contributed by atoms with Gasteiger partial charge in [-0.3, -0.25) is 4.79 Å². The standard InChI is InChI=1S/C20H19ClFN3O3S/c1-3-25-17-8-5-12(19(27)28-4-2)9-16(17)24-20(25)29-11-18(26)23-15-7-6-13(22)10-14(15)21/h5-10H,3-4,11H2,1-2H3,(H,23,26). The van der Waals surface area contributed by atoms with Crippen LogP contribution in [0.15, 0.2) is 41.6 Å². The van der Waals surface area contributed by atoms with Gasteiger partial charge in [0.2, 0.25) is 5.91 Å². The molecule has 1 amide bonds. The number of anilines is 1. The molecule has 3 aromatic rings. The number of rotatable bonds is 7. The van der Waals surface area contributed by atoms with Crippen LogP contribution in [0.1, 0.15) is 24.2 Å². The summed E-state index contributed by atoms with van der Waals surface area (Å²) in [5, 5.41) is 3.45. The normalized spacial score (nSPS) is 10.9. The number of hydrogen-bond acceptors (Lipinski definition) is 5. The molecule has 0 atom stereocenters. The predicted octanol–water partition coefficient (Wildman–Crippen LogP) is 4.76. The smallest absolute Gasteiger partial charge is 0.338 e. The predicted molar refractivity (Wildman–Crippen MR) is 112 cm³/mol. The SMILES string of the molecule is CCOC(=O)c1ccc2c(c1)nc(SCC(=O)Nc1ccc(F)cc1Cl)n2CC. The van der Waals surface area contributed by atoms with Crippen LogP contribution < -0.4 is 5.32 Å². The molecule has 0 aliphatic heterocycles. The quantitative estimate of drug-likeness (QED) is 0.428. The van der Waals surface area contributed by atoms with Crippen LogP contribution in [-0.4, -0.2) is 33.8 Å². The third kappa shape index (κ3) is 4.89. The molecule has 0 spiro atoms. The number of nitrogens with one attached hydrogen (secondary N) is 1. The van der Waals surface area contributed by atoms with Gasteiger partial charge >= 0.3 is 5.97 Å². The van der Waals surface area contributed by atoms with Gasteiger partial charge in [0, 0.05) is 6.54 Å². The summed E-state index contributed by atoms with van der Waals surface area (Å²) in [5.41, 5.74) is 2.30. The van der Waals surface area contributed by atoms with Crippen molar-refractivity contribution < 1.29 is 18.7 Å². The largest absolute Gasteiger partial charge is 0.462 e. The summed E-state index contributed by atoms with van der Waals surface area (Å²) in [7, 11) is 0. The Morgan fingerprint density at radius 2 is 2.03 bits per heavy atom. The molecular formula is C20H19ClFN3O3S. The first kappa shape index (κ1) is 21.1. The molecule has 2 aromatic carbocycles. The van der Waals surface area contributed by atoms with Crippen LogP contribution in [0.2, 0.25) is 5.02 Å². The van der Waals surface area contributed by atoms with E-state index < -0.39 is 11.8 Å². The van der Waals surface area contributed by atoms with Crippen LogP contribution in [0.4, 0.5) is 10.1 Å². The second-order valence-electron chi connectivity index (χ2n) is 6.02. The average molecular weight is 436 g/mol. The molecule has 0 saturated heterocycles. The minimum absolute atomic E-state index is 0.0990. The highest BCUT2D eigenvalue weighted by molar-refractivity contribution is 7.99. The van der Waals surface area contributed by atoms with Gasteiger partial charge in [-0.25, -0.2) is 14.2 Å². The number of carbonyl (C=O) groups is 2. The van der Waals surface area contributed by atoms with Crippen LogP contribution in [0.25, 0.3) is 11.0 Å². The number of carbonyl (C=O) groups excluding carboxylic acids is 2. The van der Waals surface area contributed by atoms with E-state index in [0.717, 1.165) is 11.6 Å². The van der Waals surface area contributed by atoms with Crippen molar-refractivity contribution in [2.75, 3.05) is 17.7 Å². The number of benzene rings is 2. The molecule has 29 heavy (non-hydrogen) atoms. The first-order valence-corrected chi connectivity index (χ1v) is 10.3. The van der Waals surface area contributed by atoms with Crippen LogP contribution in [0.3, 0.4) is 0 Å². The van der Waals surface area contributed by atoms with E-state index >= 15 is 0 Å². The van der Waals surface area contributed by atoms with Crippen LogP contribution >= 0.6 is 23.4 Å². The summed E-state index contributed by atoms with van der Waals surface area (Å²) in [6.45, 7) is 4.68. The second-order valence-corrected chi connectivity index (χ2v) is 7.37. The van der Waals surface area contributed by atoms with E-state index in [9.17, 15) is 14.0 Å². The van der Waals surface area contributed by atoms with Gasteiger partial charge in [-0.1, -0.05) is 23.4 Å². The van der Waals surface area contributed by atoms with Gasteiger partial charge in [0.1, 0.15) is 5.82 Å². The fourth-order valence-corrected chi connectivity index (χ4v) is 3.87. The van der Waals surface area contributed by atoms with E-state index in [4.69, 9.17) is 16.3 Å². The summed E-state index contributed by atoms with van der Waals surface area (Å²) in [4.78, 5) is 28.8. The summed E-state index contributed by atoms with van der Waals surface area (Å²) in [6.07, 6.45) is 0. The molecule has 0 aliphatic carbocycles. The Bertz CT molecular complexity index is 1070. The van der Waals surface area contributed by atoms with E-state index in [2.05, 4.69) is 10.3 Å². The Morgan fingerprint density at radius 3 is 2.72 bits per heavy atom. The van der Waals surface area contributed by atoms with Gasteiger partial charge in [0.05, 0.1) is 39.7 Å². The van der Waals surface area contributed by atoms with Crippen LogP contribution in [0, 0.1) is 5.82 Å². The third-order valence-electron chi connectivity index (χ3n) is 4.08. The van der Waals surface area contributed by atoms with Crippen molar-refractivity contribution in [3.05, 3.63) is 52.8 Å². The highest BCUT2D eigenvalue weighted by Gasteiger charge is 2.15. The van der Waals surface area contributed by atoms with E-state index in [0.29, 0.717) is 35.1 Å². The minimum atomic E-state index is -0.471. The summed E-state index contributed by atoms with van der Waals surface area (Å²) in [5.74, 6) is -1.06. The van der Waals surface area contributed by atoms with Gasteiger partial charge in [-0.05, 0) is 50.2 Å². The maximum atomic E-state index is 13.1. The van der Waals surface area contributed by atoms with E-state index in [1.165, 1.54) is 23.9 Å². The number of esters is 1. The Kier molecular flexibility index (Phi) is 6.76. The molecule has 0 bridgehead atoms. The van der Waals surface area contributed by atoms with Crippen molar-refractivity contribution in [1.82, 2.24) is 9.55 Å². The van der Waals surface area contributed by atoms with Crippen LogP contribution in [0.5, 0.6) is 0 Å². The molecule has 1 aromatic heterocycles. The maximum absolute atomic E-state index is 13.1. The van der Waals surface area contributed by atoms with Crippen LogP contribution in [-0.2, 0) is 16.1 Å². The zero-order valence-corrected chi connectivity index (χ0v) is 17.4. The number of imidazole rings is 1. The maximum Gasteiger partial charge on any atom is 0.338 e. The molecule has 0 aliphatic rings. The number of ether oxygens (including phenoxy) is 1. The zero-order chi connectivity index (χ0) is 21.0. The molecule has 1 N–H and O–H groups in total. The Morgan fingerprint density at radius 1 is 1.24 bits per heavy atom. The zero-order valence-electron chi connectivity index (χ0n) is 15.9. The van der Waals surface area contributed by atoms with Crippen molar-refractivity contribution in [1.29, 1.82) is 0 Å². The lowest BCUT2D eigenvalue weighted by Crippen LogP contribution is -2.15. The number of nitrogens with zero attached hydrogens (tertiary/aromatic N) is 2. The Hall–Kier alpha value is -2.58. The minimum Gasteiger partial charge on any atom is -0.462 e. The lowest BCUT2D eigenvalue weighted by atomic mass is 10.2. The van der Waals surface area contributed by atoms with Gasteiger partial charge in [0.15, 0.2) is 5.16 Å². The van der Waals surface area contributed by atoms with E-state index in [1.54, 1.807) is 19.1 Å². The lowest BCUT2D eigenvalue weighted by molar-refractivity contribution is -0.113. The first-order chi connectivity index (χ1) is 13.9. The molecule has 152 valence electrons. The Balaban J connectivity index is 1.75. The number of aryl methyl sites for hydroxylation is 1. The van der Waals surface area contributed by atoms with Gasteiger partial charge in [-0.2, -0.15) is 0 Å². The number of amides is 1. The monoisotopic (exact) mass is 435 g/mol. The van der Waals surface area contributed by atoms with Gasteiger partial charge < -0.3 is 14.6 Å². The molecule has 0 radical (unpaired) electrons. The van der Waals surface area contributed by atoms with Gasteiger partial charge in [0.25, 0.3) is 0 Å². The topological polar surface area (TPSA) is 73.2 Å². The molecule has 0 unspecified atom stereocenters. The number of halogens is 2. The summed E-state index contributed by atoms with van der Waals surface area (Å²) in [6, 6.07) is 8.99. The number of fused-ring (bicyclic) bond motifs is 1. The number of thioether (sulfide) groups is 1. The van der Waals surface area contributed by atoms with Gasteiger partial charge in [-0.15, -0.1) is 0 Å². The summed E-state index contributed by atoms with van der Waals surface area (Å²) >= 11 is 7.20. The molecule has 0 fully saturated rings. The molecule has 6 nitrogen and oxygen atoms in total. The lowest BCUT2D eigenvalue weighted by Gasteiger charge is -2.08. The highest BCUT2D eigenvalue weighted by atomic mass is 35.5. The molecule has 3 rings (SSSR count). The van der Waals surface area contributed by atoms with Crippen molar-refractivity contribution >= 4 is 52.0 Å². The van der Waals surface area contributed by atoms with E-state index in [1.807, 2.05) is 17.6 Å². The second kappa shape index (κ2) is 9.28. The van der Waals surface area contributed by atoms with E-state index in [-0.39, 0.29) is 16.7 Å². The average Bonchev–Trinajstić information content (AvgIpc) is 3.05. The molecular weight excluding hydrogens is 417 g/mol. The van der Waals surface area contributed by atoms with Crippen molar-refractivity contribution in [3.63, 3.8) is 0 Å². The fourth-order valence-electron chi connectivity index (χ4n) is 2.77. The number of hydrogen-bond donors (Lipinski definition) is 1.